The van der Waals surface area contributed by atoms with Gasteiger partial charge in [0.05, 0.1) is 10.7 Å². The van der Waals surface area contributed by atoms with Gasteiger partial charge in [0, 0.05) is 41.3 Å². The lowest BCUT2D eigenvalue weighted by Gasteiger charge is -2.36. The van der Waals surface area contributed by atoms with E-state index < -0.39 is 51.3 Å². The predicted molar refractivity (Wildman–Crippen MR) is 146 cm³/mol. The predicted octanol–water partition coefficient (Wildman–Crippen LogP) is 5.87. The number of hydrogen-bond acceptors (Lipinski definition) is 4. The number of rotatable bonds is 11. The zero-order chi connectivity index (χ0) is 30.6. The molecule has 2 aromatic carbocycles. The van der Waals surface area contributed by atoms with E-state index in [1.165, 1.54) is 18.3 Å². The molecular formula is C26H22ClF6IN4O3. The summed E-state index contributed by atoms with van der Waals surface area (Å²) in [7, 11) is 0. The molecule has 0 radical (unpaired) electrons. The average molecular weight is 715 g/mol. The smallest absolute Gasteiger partial charge is 0.359 e. The van der Waals surface area contributed by atoms with E-state index in [2.05, 4.69) is 10.3 Å². The SMILES string of the molecule is CC(NC(=O)N[C@@](Cc1ccccc1)(c1cc(F)cc(OC(F)(I)C(F)F)c1)c1ccc(Cl)cn1)C(F)(F)C(N)=O. The summed E-state index contributed by atoms with van der Waals surface area (Å²) in [6, 6.07) is 10.2. The molecule has 220 valence electrons. The van der Waals surface area contributed by atoms with Crippen LogP contribution in [0.1, 0.15) is 23.7 Å². The van der Waals surface area contributed by atoms with Gasteiger partial charge in [-0.05, 0) is 42.3 Å². The Bertz CT molecular complexity index is 1390. The topological polar surface area (TPSA) is 106 Å². The van der Waals surface area contributed by atoms with Crippen LogP contribution in [-0.2, 0) is 16.8 Å². The maximum atomic E-state index is 14.9. The van der Waals surface area contributed by atoms with E-state index in [1.54, 1.807) is 30.3 Å². The molecule has 3 amide bonds. The number of nitrogens with zero attached hydrogens (tertiary/aromatic N) is 1. The van der Waals surface area contributed by atoms with Gasteiger partial charge in [0.2, 0.25) is 0 Å². The van der Waals surface area contributed by atoms with Crippen LogP contribution in [0.5, 0.6) is 5.75 Å². The van der Waals surface area contributed by atoms with Crippen LogP contribution < -0.4 is 21.1 Å². The summed E-state index contributed by atoms with van der Waals surface area (Å²) in [5, 5.41) is 4.62. The minimum atomic E-state index is -4.14. The van der Waals surface area contributed by atoms with Gasteiger partial charge in [0.15, 0.2) is 0 Å². The van der Waals surface area contributed by atoms with Gasteiger partial charge in [-0.3, -0.25) is 9.78 Å². The van der Waals surface area contributed by atoms with Crippen LogP contribution in [-0.4, -0.2) is 39.2 Å². The van der Waals surface area contributed by atoms with Gasteiger partial charge in [-0.1, -0.05) is 41.9 Å². The Kier molecular flexibility index (Phi) is 10.00. The highest BCUT2D eigenvalue weighted by molar-refractivity contribution is 14.1. The number of benzene rings is 2. The van der Waals surface area contributed by atoms with Crippen molar-refractivity contribution >= 4 is 46.1 Å². The van der Waals surface area contributed by atoms with Crippen molar-refractivity contribution in [1.29, 1.82) is 0 Å². The number of carbonyl (C=O) groups is 2. The van der Waals surface area contributed by atoms with Crippen molar-refractivity contribution in [2.45, 2.75) is 41.1 Å². The van der Waals surface area contributed by atoms with E-state index >= 15 is 0 Å². The number of halogens is 8. The lowest BCUT2D eigenvalue weighted by atomic mass is 9.80. The van der Waals surface area contributed by atoms with Crippen molar-refractivity contribution in [2.75, 3.05) is 0 Å². The van der Waals surface area contributed by atoms with E-state index in [9.17, 15) is 35.9 Å². The van der Waals surface area contributed by atoms with Gasteiger partial charge in [-0.15, -0.1) is 0 Å². The summed E-state index contributed by atoms with van der Waals surface area (Å²) in [4.78, 5) is 28.6. The second-order valence-corrected chi connectivity index (χ2v) is 10.8. The monoisotopic (exact) mass is 714 g/mol. The molecule has 0 bridgehead atoms. The third kappa shape index (κ3) is 7.72. The van der Waals surface area contributed by atoms with Gasteiger partial charge >= 0.3 is 22.2 Å². The first-order chi connectivity index (χ1) is 19.1. The molecular weight excluding hydrogens is 693 g/mol. The molecule has 1 aromatic heterocycles. The highest BCUT2D eigenvalue weighted by Gasteiger charge is 2.46. The molecule has 0 fully saturated rings. The van der Waals surface area contributed by atoms with Crippen molar-refractivity contribution in [3.05, 3.63) is 94.5 Å². The Balaban J connectivity index is 2.22. The van der Waals surface area contributed by atoms with Crippen LogP contribution in [0, 0.1) is 5.82 Å². The fraction of sp³-hybridized carbons (Fsp3) is 0.269. The van der Waals surface area contributed by atoms with Gasteiger partial charge in [-0.25, -0.2) is 18.0 Å². The molecule has 7 nitrogen and oxygen atoms in total. The number of urea groups is 1. The van der Waals surface area contributed by atoms with Gasteiger partial charge in [-0.2, -0.15) is 13.2 Å². The summed E-state index contributed by atoms with van der Waals surface area (Å²) < 4.78 is 85.3. The van der Waals surface area contributed by atoms with Gasteiger partial charge in [0.25, 0.3) is 5.91 Å². The molecule has 0 aliphatic rings. The van der Waals surface area contributed by atoms with E-state index in [0.29, 0.717) is 34.2 Å². The third-order valence-corrected chi connectivity index (χ3v) is 6.81. The minimum Gasteiger partial charge on any atom is -0.445 e. The number of aromatic nitrogens is 1. The first-order valence-corrected chi connectivity index (χ1v) is 13.1. The molecule has 1 heterocycles. The molecule has 15 heteroatoms. The minimum absolute atomic E-state index is 0.00149. The van der Waals surface area contributed by atoms with Crippen molar-refractivity contribution in [3.8, 4) is 5.75 Å². The molecule has 3 atom stereocenters. The molecule has 41 heavy (non-hydrogen) atoms. The highest BCUT2D eigenvalue weighted by atomic mass is 127. The number of pyridine rings is 1. The Morgan fingerprint density at radius 1 is 1.10 bits per heavy atom. The summed E-state index contributed by atoms with van der Waals surface area (Å²) in [6.07, 6.45) is -2.62. The van der Waals surface area contributed by atoms with Crippen LogP contribution in [0.4, 0.5) is 31.1 Å². The largest absolute Gasteiger partial charge is 0.445 e. The molecule has 0 saturated heterocycles. The van der Waals surface area contributed by atoms with E-state index in [1.807, 2.05) is 5.32 Å². The highest BCUT2D eigenvalue weighted by Crippen LogP contribution is 2.38. The Morgan fingerprint density at radius 2 is 1.76 bits per heavy atom. The number of primary amides is 1. The van der Waals surface area contributed by atoms with Crippen LogP contribution in [0.2, 0.25) is 5.02 Å². The third-order valence-electron chi connectivity index (χ3n) is 5.90. The Hall–Kier alpha value is -3.27. The number of carbonyl (C=O) groups excluding carboxylic acids is 2. The number of nitrogens with one attached hydrogen (secondary N) is 2. The first kappa shape index (κ1) is 32.2. The van der Waals surface area contributed by atoms with E-state index in [-0.39, 0.29) is 22.7 Å². The molecule has 3 rings (SSSR count). The zero-order valence-electron chi connectivity index (χ0n) is 21.0. The molecule has 0 aliphatic heterocycles. The van der Waals surface area contributed by atoms with Crippen molar-refractivity contribution in [1.82, 2.24) is 15.6 Å². The zero-order valence-corrected chi connectivity index (χ0v) is 23.9. The van der Waals surface area contributed by atoms with Gasteiger partial charge < -0.3 is 21.1 Å². The number of amides is 3. The fourth-order valence-corrected chi connectivity index (χ4v) is 4.22. The maximum Gasteiger partial charge on any atom is 0.359 e. The molecule has 4 N–H and O–H groups in total. The van der Waals surface area contributed by atoms with Crippen molar-refractivity contribution in [3.63, 3.8) is 0 Å². The Labute approximate surface area is 248 Å². The normalized spacial score (nSPS) is 15.4. The lowest BCUT2D eigenvalue weighted by molar-refractivity contribution is -0.145. The fourth-order valence-electron chi connectivity index (χ4n) is 3.85. The first-order valence-electron chi connectivity index (χ1n) is 11.6. The number of ether oxygens (including phenoxy) is 1. The van der Waals surface area contributed by atoms with Gasteiger partial charge in [0.1, 0.15) is 23.1 Å². The van der Waals surface area contributed by atoms with Crippen LogP contribution >= 0.6 is 34.2 Å². The van der Waals surface area contributed by atoms with Crippen LogP contribution in [0.25, 0.3) is 0 Å². The van der Waals surface area contributed by atoms with E-state index in [0.717, 1.165) is 19.1 Å². The van der Waals surface area contributed by atoms with Crippen molar-refractivity contribution in [2.24, 2.45) is 5.73 Å². The number of alkyl halides is 6. The molecule has 0 aliphatic carbocycles. The standard InChI is InChI=1S/C26H22ClF6IN4O3/c1-14(25(31,32)22(35)39)37-23(40)38-24(12-15-5-3-2-4-6-15,20-8-7-17(27)13-36-20)16-9-18(28)11-19(10-16)41-26(33,34)21(29)30/h2-11,13-14,21H,12H2,1H3,(H2,35,39)(H2,37,38,40)/t14?,24-,26?/m0/s1. The second kappa shape index (κ2) is 12.7. The quantitative estimate of drug-likeness (QED) is 0.131. The molecule has 3 aromatic rings. The lowest BCUT2D eigenvalue weighted by Crippen LogP contribution is -2.58. The molecule has 2 unspecified atom stereocenters. The number of hydrogen-bond donors (Lipinski definition) is 3. The summed E-state index contributed by atoms with van der Waals surface area (Å²) >= 11 is 6.71. The summed E-state index contributed by atoms with van der Waals surface area (Å²) in [5.41, 5.74) is 3.17. The number of nitrogens with two attached hydrogens (primary N) is 1. The van der Waals surface area contributed by atoms with Crippen LogP contribution in [0.15, 0.2) is 66.9 Å². The second-order valence-electron chi connectivity index (χ2n) is 8.88. The molecule has 0 spiro atoms. The summed E-state index contributed by atoms with van der Waals surface area (Å²) in [6.45, 7) is 0.837. The Morgan fingerprint density at radius 3 is 2.32 bits per heavy atom. The summed E-state index contributed by atoms with van der Waals surface area (Å²) in [5.74, 6) is -7.86. The average Bonchev–Trinajstić information content (AvgIpc) is 2.88. The maximum absolute atomic E-state index is 14.9. The van der Waals surface area contributed by atoms with Crippen LogP contribution in [0.3, 0.4) is 0 Å². The molecule has 0 saturated carbocycles. The van der Waals surface area contributed by atoms with E-state index in [4.69, 9.17) is 22.1 Å². The van der Waals surface area contributed by atoms with Crippen molar-refractivity contribution < 1.29 is 40.7 Å².